The van der Waals surface area contributed by atoms with Gasteiger partial charge >= 0.3 is 0 Å². The van der Waals surface area contributed by atoms with Crippen LogP contribution in [-0.4, -0.2) is 50.9 Å². The van der Waals surface area contributed by atoms with Gasteiger partial charge in [0.05, 0.1) is 27.8 Å². The molecule has 1 atom stereocenters. The van der Waals surface area contributed by atoms with Crippen LogP contribution in [0, 0.1) is 0 Å². The molecule has 0 unspecified atom stereocenters. The van der Waals surface area contributed by atoms with E-state index in [2.05, 4.69) is 35.0 Å². The van der Waals surface area contributed by atoms with Crippen LogP contribution < -0.4 is 16.2 Å². The normalized spacial score (nSPS) is 15.2. The summed E-state index contributed by atoms with van der Waals surface area (Å²) in [5.74, 6) is 1.45. The van der Waals surface area contributed by atoms with Gasteiger partial charge in [-0.05, 0) is 31.0 Å². The Labute approximate surface area is 233 Å². The summed E-state index contributed by atoms with van der Waals surface area (Å²) >= 11 is 6.38. The molecule has 14 heteroatoms. The minimum atomic E-state index is -0.253. The smallest absolute Gasteiger partial charge is 0.284 e. The van der Waals surface area contributed by atoms with E-state index in [9.17, 15) is 4.79 Å². The molecule has 1 aromatic carbocycles. The lowest BCUT2D eigenvalue weighted by molar-refractivity contribution is 0.602. The van der Waals surface area contributed by atoms with Gasteiger partial charge in [0, 0.05) is 30.7 Å². The van der Waals surface area contributed by atoms with E-state index in [4.69, 9.17) is 22.4 Å². The highest BCUT2D eigenvalue weighted by Gasteiger charge is 2.34. The zero-order valence-corrected chi connectivity index (χ0v) is 22.1. The number of nitrogens with two attached hydrogens (primary N) is 1. The van der Waals surface area contributed by atoms with Crippen molar-refractivity contribution in [3.63, 3.8) is 0 Å². The van der Waals surface area contributed by atoms with E-state index >= 15 is 0 Å². The van der Waals surface area contributed by atoms with Gasteiger partial charge in [0.1, 0.15) is 17.7 Å². The Balaban J connectivity index is 0.00000277. The minimum Gasteiger partial charge on any atom is -0.368 e. The third-order valence-electron chi connectivity index (χ3n) is 6.79. The molecule has 1 aliphatic rings. The second-order valence-corrected chi connectivity index (χ2v) is 9.37. The summed E-state index contributed by atoms with van der Waals surface area (Å²) in [6.45, 7) is 0.703. The van der Waals surface area contributed by atoms with Gasteiger partial charge in [-0.1, -0.05) is 29.8 Å². The molecule has 0 bridgehead atoms. The third-order valence-corrected chi connectivity index (χ3v) is 7.10. The molecular weight excluding hydrogens is 538 g/mol. The highest BCUT2D eigenvalue weighted by Crippen LogP contribution is 2.40. The predicted molar refractivity (Wildman–Crippen MR) is 153 cm³/mol. The first kappa shape index (κ1) is 24.8. The topological polar surface area (TPSA) is 149 Å². The van der Waals surface area contributed by atoms with Crippen LogP contribution in [0.1, 0.15) is 24.7 Å². The molecule has 6 heterocycles. The van der Waals surface area contributed by atoms with Crippen molar-refractivity contribution in [3.8, 4) is 16.9 Å². The van der Waals surface area contributed by atoms with Crippen LogP contribution in [0.2, 0.25) is 5.02 Å². The number of aromatic amines is 1. The molecule has 39 heavy (non-hydrogen) atoms. The Hall–Kier alpha value is -4.49. The number of nitrogens with one attached hydrogen (secondary N) is 1. The molecule has 1 saturated heterocycles. The van der Waals surface area contributed by atoms with Gasteiger partial charge in [-0.2, -0.15) is 23.7 Å². The summed E-state index contributed by atoms with van der Waals surface area (Å²) in [5.41, 5.74) is 8.39. The number of nitrogens with zero attached hydrogens (tertiary/aromatic N) is 9. The molecule has 0 aliphatic carbocycles. The fraction of sp³-hybridized carbons (Fsp3) is 0.160. The summed E-state index contributed by atoms with van der Waals surface area (Å²) in [7, 11) is 0. The maximum atomic E-state index is 13.8. The molecule has 6 aromatic rings. The number of aromatic nitrogens is 9. The van der Waals surface area contributed by atoms with Crippen molar-refractivity contribution < 1.29 is 0 Å². The largest absolute Gasteiger partial charge is 0.368 e. The van der Waals surface area contributed by atoms with Crippen LogP contribution in [0.5, 0.6) is 0 Å². The molecule has 0 amide bonds. The number of para-hydroxylation sites is 1. The molecule has 0 saturated carbocycles. The van der Waals surface area contributed by atoms with Crippen molar-refractivity contribution in [2.75, 3.05) is 17.2 Å². The van der Waals surface area contributed by atoms with Crippen LogP contribution in [-0.2, 0) is 0 Å². The van der Waals surface area contributed by atoms with Crippen LogP contribution in [0.3, 0.4) is 0 Å². The second kappa shape index (κ2) is 9.67. The number of fused-ring (bicyclic) bond motifs is 2. The maximum absolute atomic E-state index is 13.8. The molecule has 0 spiro atoms. The molecule has 1 aliphatic heterocycles. The second-order valence-electron chi connectivity index (χ2n) is 8.97. The van der Waals surface area contributed by atoms with Crippen molar-refractivity contribution in [1.29, 1.82) is 0 Å². The summed E-state index contributed by atoms with van der Waals surface area (Å²) in [5, 5.41) is 13.4. The number of anilines is 2. The van der Waals surface area contributed by atoms with Crippen molar-refractivity contribution in [3.05, 3.63) is 82.5 Å². The summed E-state index contributed by atoms with van der Waals surface area (Å²) < 4.78 is 3.20. The molecule has 196 valence electrons. The summed E-state index contributed by atoms with van der Waals surface area (Å²) in [4.78, 5) is 33.2. The lowest BCUT2D eigenvalue weighted by Crippen LogP contribution is -2.33. The van der Waals surface area contributed by atoms with Gasteiger partial charge in [0.2, 0.25) is 5.95 Å². The van der Waals surface area contributed by atoms with E-state index in [0.717, 1.165) is 18.2 Å². The van der Waals surface area contributed by atoms with Crippen LogP contribution in [0.25, 0.3) is 33.5 Å². The Kier molecular flexibility index (Phi) is 6.16. The average Bonchev–Trinajstić information content (AvgIpc) is 3.68. The van der Waals surface area contributed by atoms with E-state index in [0.29, 0.717) is 51.3 Å². The van der Waals surface area contributed by atoms with E-state index in [1.807, 2.05) is 30.3 Å². The molecule has 12 nitrogen and oxygen atoms in total. The average molecular weight is 560 g/mol. The molecule has 7 rings (SSSR count). The van der Waals surface area contributed by atoms with Gasteiger partial charge < -0.3 is 10.6 Å². The zero-order chi connectivity index (χ0) is 25.8. The molecule has 1 fully saturated rings. The molecule has 5 aromatic heterocycles. The number of rotatable bonds is 4. The highest BCUT2D eigenvalue weighted by molar-refractivity contribution is 7.59. The summed E-state index contributed by atoms with van der Waals surface area (Å²) in [6, 6.07) is 10.9. The summed E-state index contributed by atoms with van der Waals surface area (Å²) in [6.07, 6.45) is 8.10. The first-order valence-electron chi connectivity index (χ1n) is 12.0. The van der Waals surface area contributed by atoms with Crippen LogP contribution in [0.4, 0.5) is 11.8 Å². The number of hydrogen-bond donors (Lipinski definition) is 2. The Morgan fingerprint density at radius 3 is 2.64 bits per heavy atom. The van der Waals surface area contributed by atoms with Crippen molar-refractivity contribution in [1.82, 2.24) is 44.3 Å². The quantitative estimate of drug-likeness (QED) is 0.331. The number of halogens is 1. The number of nitrogen functional groups attached to an aromatic ring is 1. The van der Waals surface area contributed by atoms with Gasteiger partial charge in [0.25, 0.3) is 5.56 Å². The van der Waals surface area contributed by atoms with Crippen LogP contribution >= 0.6 is 25.1 Å². The fourth-order valence-corrected chi connectivity index (χ4v) is 5.34. The fourth-order valence-electron chi connectivity index (χ4n) is 5.11. The van der Waals surface area contributed by atoms with E-state index in [1.54, 1.807) is 33.7 Å². The number of benzene rings is 1. The first-order valence-corrected chi connectivity index (χ1v) is 12.4. The van der Waals surface area contributed by atoms with Crippen LogP contribution in [0.15, 0.2) is 66.1 Å². The molecular formula is C25H22ClN11OS. The first-order chi connectivity index (χ1) is 18.6. The minimum absolute atomic E-state index is 0. The maximum Gasteiger partial charge on any atom is 0.284 e. The van der Waals surface area contributed by atoms with Gasteiger partial charge in [-0.25, -0.2) is 24.5 Å². The zero-order valence-electron chi connectivity index (χ0n) is 20.4. The van der Waals surface area contributed by atoms with Gasteiger partial charge in [-0.15, -0.1) is 0 Å². The van der Waals surface area contributed by atoms with Gasteiger partial charge in [-0.3, -0.25) is 14.5 Å². The van der Waals surface area contributed by atoms with Gasteiger partial charge in [0.15, 0.2) is 11.5 Å². The Morgan fingerprint density at radius 1 is 1.05 bits per heavy atom. The van der Waals surface area contributed by atoms with E-state index < -0.39 is 0 Å². The molecule has 0 radical (unpaired) electrons. The van der Waals surface area contributed by atoms with E-state index in [-0.39, 0.29) is 31.0 Å². The SMILES string of the molecule is Nc1ncc(-c2[nH]nc3ncnc(N4CCC[C@H]4c4nn5ccc(Cl)c5c(=O)n4-c4ccccc4)c23)cn1.S. The third kappa shape index (κ3) is 3.97. The highest BCUT2D eigenvalue weighted by atomic mass is 35.5. The van der Waals surface area contributed by atoms with Crippen molar-refractivity contribution in [2.24, 2.45) is 0 Å². The van der Waals surface area contributed by atoms with E-state index in [1.165, 1.54) is 6.33 Å². The Bertz CT molecular complexity index is 1870. The number of hydrogen-bond acceptors (Lipinski definition) is 9. The molecule has 3 N–H and O–H groups in total. The standard InChI is InChI=1S/C25H20ClN11O.H2S/c26-16-8-10-36-20(16)24(38)37(15-5-2-1-3-6-15)22(34-36)17-7-4-9-35(17)23-18-19(14-11-28-25(27)29-12-14)32-33-21(18)30-13-31-23;/h1-3,5-6,8,10-13,17H,4,7,9H2,(H2,27,28,29)(H,30,31,32,33);1H2/t17-;/m0./s1. The number of H-pyrrole nitrogens is 1. The lowest BCUT2D eigenvalue weighted by Gasteiger charge is -2.27. The van der Waals surface area contributed by atoms with Crippen molar-refractivity contribution >= 4 is 53.4 Å². The monoisotopic (exact) mass is 559 g/mol. The van der Waals surface area contributed by atoms with Crippen molar-refractivity contribution in [2.45, 2.75) is 18.9 Å². The Morgan fingerprint density at radius 2 is 1.85 bits per heavy atom. The lowest BCUT2D eigenvalue weighted by atomic mass is 10.1. The predicted octanol–water partition coefficient (Wildman–Crippen LogP) is 3.30.